The smallest absolute Gasteiger partial charge is 0.337 e. The molecule has 1 amide bonds. The Morgan fingerprint density at radius 2 is 1.84 bits per heavy atom. The molecule has 0 unspecified atom stereocenters. The van der Waals surface area contributed by atoms with Crippen molar-refractivity contribution in [3.05, 3.63) is 93.2 Å². The highest BCUT2D eigenvalue weighted by molar-refractivity contribution is 7.97. The predicted octanol–water partition coefficient (Wildman–Crippen LogP) is 4.90. The normalized spacial score (nSPS) is 18.0. The summed E-state index contributed by atoms with van der Waals surface area (Å²) in [5, 5.41) is 4.17. The van der Waals surface area contributed by atoms with Gasteiger partial charge in [0.1, 0.15) is 17.3 Å². The number of benzene rings is 2. The van der Waals surface area contributed by atoms with Crippen LogP contribution in [-0.2, 0) is 22.5 Å². The minimum Gasteiger partial charge on any atom is -0.457 e. The van der Waals surface area contributed by atoms with Crippen LogP contribution in [-0.4, -0.2) is 64.2 Å². The number of aliphatic imine (C=N–C) groups is 1. The van der Waals surface area contributed by atoms with Crippen LogP contribution in [0, 0.1) is 11.7 Å². The Balaban J connectivity index is 1.19. The molecule has 2 saturated heterocycles. The van der Waals surface area contributed by atoms with Gasteiger partial charge in [0, 0.05) is 62.1 Å². The Morgan fingerprint density at radius 1 is 1.11 bits per heavy atom. The molecule has 0 saturated carbocycles. The molecular weight excluding hydrogens is 579 g/mol. The molecule has 10 heteroatoms. The first-order valence-corrected chi connectivity index (χ1v) is 16.2. The number of hydrogen-bond acceptors (Lipinski definition) is 6. The molecule has 44 heavy (non-hydrogen) atoms. The Labute approximate surface area is 260 Å². The van der Waals surface area contributed by atoms with E-state index in [9.17, 15) is 9.59 Å². The first-order chi connectivity index (χ1) is 21.3. The van der Waals surface area contributed by atoms with Gasteiger partial charge < -0.3 is 24.7 Å². The molecule has 3 aromatic rings. The molecule has 6 rings (SSSR count). The molecule has 0 aliphatic carbocycles. The third-order valence-electron chi connectivity index (χ3n) is 8.48. The van der Waals surface area contributed by atoms with Crippen LogP contribution in [0.5, 0.6) is 11.5 Å². The third kappa shape index (κ3) is 6.98. The lowest BCUT2D eigenvalue weighted by molar-refractivity contribution is 0.0238. The van der Waals surface area contributed by atoms with Gasteiger partial charge >= 0.3 is 10.0 Å². The van der Waals surface area contributed by atoms with Crippen molar-refractivity contribution in [3.63, 3.8) is 0 Å². The van der Waals surface area contributed by atoms with Crippen LogP contribution < -0.4 is 15.6 Å². The van der Waals surface area contributed by atoms with Crippen molar-refractivity contribution in [1.82, 2.24) is 15.2 Å². The summed E-state index contributed by atoms with van der Waals surface area (Å²) < 4.78 is 27.3. The minimum atomic E-state index is -0.649. The maximum atomic E-state index is 15.5. The van der Waals surface area contributed by atoms with Crippen molar-refractivity contribution in [2.45, 2.75) is 58.0 Å². The minimum absolute atomic E-state index is 0.0294. The van der Waals surface area contributed by atoms with Gasteiger partial charge in [-0.15, -0.1) is 4.99 Å². The summed E-state index contributed by atoms with van der Waals surface area (Å²) in [4.78, 5) is 36.5. The van der Waals surface area contributed by atoms with Crippen LogP contribution in [0.4, 0.5) is 4.39 Å². The molecule has 3 aliphatic heterocycles. The monoisotopic (exact) mass is 617 g/mol. The van der Waals surface area contributed by atoms with Crippen LogP contribution in [0.25, 0.3) is 0 Å². The lowest BCUT2D eigenvalue weighted by atomic mass is 9.99. The number of pyridine rings is 1. The number of piperidine rings is 1. The van der Waals surface area contributed by atoms with Gasteiger partial charge in [-0.3, -0.25) is 9.59 Å². The lowest BCUT2D eigenvalue weighted by Crippen LogP contribution is -2.49. The summed E-state index contributed by atoms with van der Waals surface area (Å²) in [5.41, 5.74) is 1.60. The number of H-pyrrole nitrogens is 1. The maximum absolute atomic E-state index is 15.5. The number of aromatic nitrogens is 1. The molecule has 2 aromatic carbocycles. The Morgan fingerprint density at radius 3 is 2.52 bits per heavy atom. The summed E-state index contributed by atoms with van der Waals surface area (Å²) in [6.45, 7) is 7.64. The van der Waals surface area contributed by atoms with Gasteiger partial charge in [-0.2, -0.15) is 0 Å². The van der Waals surface area contributed by atoms with Crippen LogP contribution in [0.3, 0.4) is 0 Å². The fraction of sp³-hybridized carbons (Fsp3) is 0.412. The summed E-state index contributed by atoms with van der Waals surface area (Å²) in [7, 11) is 0. The average molecular weight is 618 g/mol. The Bertz CT molecular complexity index is 1620. The number of nitrogens with one attached hydrogen (secondary N) is 2. The summed E-state index contributed by atoms with van der Waals surface area (Å²) in [6.07, 6.45) is 5.42. The highest BCUT2D eigenvalue weighted by atomic mass is 32.1. The SMILES string of the molecule is CC(C)C1=NC(c2ccc(Oc3cc(C(=O)NC4CCN(C5CCOCC5)CC4)c(F)cc3Cc3ccc[nH]c3=O)cc2)=[S+]1. The van der Waals surface area contributed by atoms with E-state index in [1.807, 2.05) is 24.3 Å². The first-order valence-electron chi connectivity index (χ1n) is 15.4. The number of likely N-dealkylation sites (tertiary alicyclic amines) is 1. The zero-order valence-corrected chi connectivity index (χ0v) is 25.9. The predicted molar refractivity (Wildman–Crippen MR) is 172 cm³/mol. The molecule has 0 radical (unpaired) electrons. The Kier molecular flexibility index (Phi) is 9.30. The van der Waals surface area contributed by atoms with E-state index in [0.717, 1.165) is 67.6 Å². The number of amides is 1. The standard InChI is InChI=1S/C34H37FN4O4S/c1-21(2)33-38-34(44-33)22-5-7-27(8-6-22)43-30-20-28(29(35)19-24(30)18-23-4-3-13-36-31(23)40)32(41)37-25-9-14-39(15-10-25)26-11-16-42-17-12-26/h3-8,13,19-21,25-26H,9-12,14-18H2,1-2H3,(H-,36,37,40,41)/p+1. The fourth-order valence-corrected chi connectivity index (χ4v) is 6.73. The second kappa shape index (κ2) is 13.5. The molecule has 0 spiro atoms. The van der Waals surface area contributed by atoms with E-state index in [0.29, 0.717) is 34.6 Å². The number of aromatic amines is 1. The highest BCUT2D eigenvalue weighted by Crippen LogP contribution is 2.31. The number of halogens is 1. The van der Waals surface area contributed by atoms with Gasteiger partial charge in [0.05, 0.1) is 17.0 Å². The van der Waals surface area contributed by atoms with E-state index in [1.165, 1.54) is 12.1 Å². The molecule has 1 aromatic heterocycles. The van der Waals surface area contributed by atoms with Crippen LogP contribution in [0.15, 0.2) is 64.5 Å². The van der Waals surface area contributed by atoms with Crippen molar-refractivity contribution in [1.29, 1.82) is 0 Å². The molecule has 2 fully saturated rings. The summed E-state index contributed by atoms with van der Waals surface area (Å²) in [5.74, 6) is 0.149. The van der Waals surface area contributed by atoms with Gasteiger partial charge in [-0.25, -0.2) is 4.39 Å². The summed E-state index contributed by atoms with van der Waals surface area (Å²) in [6, 6.07) is 14.2. The van der Waals surface area contributed by atoms with Gasteiger partial charge in [0.15, 0.2) is 0 Å². The quantitative estimate of drug-likeness (QED) is 0.263. The molecule has 4 heterocycles. The highest BCUT2D eigenvalue weighted by Gasteiger charge is 2.32. The number of nitrogens with zero attached hydrogens (tertiary/aromatic N) is 2. The number of hydrogen-bond donors (Lipinski definition) is 2. The topological polar surface area (TPSA) is 96.0 Å². The molecular formula is C34H38FN4O4S+. The molecule has 3 aliphatic rings. The van der Waals surface area contributed by atoms with Crippen molar-refractivity contribution in [3.8, 4) is 11.5 Å². The van der Waals surface area contributed by atoms with Crippen molar-refractivity contribution < 1.29 is 18.7 Å². The number of carbonyl (C=O) groups excluding carboxylic acids is 1. The van der Waals surface area contributed by atoms with Crippen LogP contribution >= 0.6 is 0 Å². The van der Waals surface area contributed by atoms with Crippen molar-refractivity contribution in [2.75, 3.05) is 26.3 Å². The second-order valence-electron chi connectivity index (χ2n) is 11.9. The summed E-state index contributed by atoms with van der Waals surface area (Å²) >= 11 is 1.68. The van der Waals surface area contributed by atoms with Crippen molar-refractivity contribution >= 4 is 27.3 Å². The van der Waals surface area contributed by atoms with Crippen LogP contribution in [0.1, 0.15) is 66.6 Å². The fourth-order valence-electron chi connectivity index (χ4n) is 5.89. The van der Waals surface area contributed by atoms with E-state index >= 15 is 4.39 Å². The number of ether oxygens (including phenoxy) is 2. The number of rotatable bonds is 9. The lowest BCUT2D eigenvalue weighted by Gasteiger charge is -2.39. The molecule has 0 atom stereocenters. The second-order valence-corrected chi connectivity index (χ2v) is 12.9. The first kappa shape index (κ1) is 30.3. The van der Waals surface area contributed by atoms with Crippen molar-refractivity contribution in [2.24, 2.45) is 10.9 Å². The Hall–Kier alpha value is -3.73. The van der Waals surface area contributed by atoms with Gasteiger partial charge in [0.2, 0.25) is 0 Å². The molecule has 8 nitrogen and oxygen atoms in total. The van der Waals surface area contributed by atoms with Gasteiger partial charge in [-0.05, 0) is 68.1 Å². The van der Waals surface area contributed by atoms with E-state index in [1.54, 1.807) is 29.7 Å². The van der Waals surface area contributed by atoms with Gasteiger partial charge in [-0.1, -0.05) is 19.9 Å². The van der Waals surface area contributed by atoms with Gasteiger partial charge in [0.25, 0.3) is 22.8 Å². The molecule has 230 valence electrons. The zero-order valence-electron chi connectivity index (χ0n) is 25.1. The third-order valence-corrected chi connectivity index (χ3v) is 9.78. The van der Waals surface area contributed by atoms with E-state index in [-0.39, 0.29) is 23.6 Å². The molecule has 0 bridgehead atoms. The average Bonchev–Trinajstić information content (AvgIpc) is 3.00. The van der Waals surface area contributed by atoms with E-state index < -0.39 is 11.7 Å². The maximum Gasteiger partial charge on any atom is 0.337 e. The number of carbonyl (C=O) groups is 1. The molecule has 2 N–H and O–H groups in total. The largest absolute Gasteiger partial charge is 0.457 e. The van der Waals surface area contributed by atoms with E-state index in [2.05, 4.69) is 34.0 Å². The van der Waals surface area contributed by atoms with Crippen LogP contribution in [0.2, 0.25) is 0 Å². The van der Waals surface area contributed by atoms with E-state index in [4.69, 9.17) is 9.47 Å². The zero-order chi connectivity index (χ0) is 30.6.